The van der Waals surface area contributed by atoms with E-state index in [0.29, 0.717) is 24.0 Å². The minimum absolute atomic E-state index is 0.0807. The summed E-state index contributed by atoms with van der Waals surface area (Å²) in [6.07, 6.45) is 1.65. The summed E-state index contributed by atoms with van der Waals surface area (Å²) in [6, 6.07) is 8.56. The molecule has 1 aromatic carbocycles. The zero-order valence-corrected chi connectivity index (χ0v) is 16.2. The van der Waals surface area contributed by atoms with Gasteiger partial charge in [-0.05, 0) is 36.1 Å². The molecular weight excluding hydrogens is 378 g/mol. The van der Waals surface area contributed by atoms with E-state index in [4.69, 9.17) is 4.74 Å². The van der Waals surface area contributed by atoms with Gasteiger partial charge in [0.2, 0.25) is 0 Å². The number of ether oxygens (including phenoxy) is 1. The fourth-order valence-electron chi connectivity index (χ4n) is 3.26. The lowest BCUT2D eigenvalue weighted by Crippen LogP contribution is -2.30. The van der Waals surface area contributed by atoms with Crippen molar-refractivity contribution < 1.29 is 14.3 Å². The zero-order chi connectivity index (χ0) is 19.7. The quantitative estimate of drug-likeness (QED) is 0.617. The average molecular weight is 397 g/mol. The van der Waals surface area contributed by atoms with E-state index in [-0.39, 0.29) is 23.6 Å². The van der Waals surface area contributed by atoms with E-state index in [1.165, 1.54) is 11.0 Å². The Kier molecular flexibility index (Phi) is 4.95. The fourth-order valence-corrected chi connectivity index (χ4v) is 4.01. The SMILES string of the molecule is CN(Cc1cccs1)C(=O)COC(=O)c1ccc2c(=O)n3c(nc2c1)CCC3. The molecule has 0 saturated carbocycles. The number of benzene rings is 1. The number of amides is 1. The van der Waals surface area contributed by atoms with E-state index in [1.54, 1.807) is 35.1 Å². The Bertz CT molecular complexity index is 1100. The van der Waals surface area contributed by atoms with Crippen molar-refractivity contribution in [2.75, 3.05) is 13.7 Å². The van der Waals surface area contributed by atoms with Gasteiger partial charge in [0.05, 0.1) is 23.0 Å². The number of aromatic nitrogens is 2. The summed E-state index contributed by atoms with van der Waals surface area (Å²) >= 11 is 1.56. The number of carbonyl (C=O) groups is 2. The second-order valence-electron chi connectivity index (χ2n) is 6.73. The van der Waals surface area contributed by atoms with E-state index in [9.17, 15) is 14.4 Å². The number of hydrogen-bond donors (Lipinski definition) is 0. The van der Waals surface area contributed by atoms with Gasteiger partial charge in [0.1, 0.15) is 5.82 Å². The summed E-state index contributed by atoms with van der Waals surface area (Å²) in [5, 5.41) is 2.43. The molecule has 0 aliphatic carbocycles. The van der Waals surface area contributed by atoms with Crippen molar-refractivity contribution >= 4 is 34.1 Å². The molecule has 0 spiro atoms. The number of aryl methyl sites for hydroxylation is 1. The number of likely N-dealkylation sites (N-methyl/N-ethyl adjacent to an activating group) is 1. The minimum Gasteiger partial charge on any atom is -0.452 e. The number of carbonyl (C=O) groups excluding carboxylic acids is 2. The van der Waals surface area contributed by atoms with Crippen LogP contribution in [0.15, 0.2) is 40.5 Å². The molecule has 0 atom stereocenters. The molecule has 7 nitrogen and oxygen atoms in total. The van der Waals surface area contributed by atoms with Crippen LogP contribution in [0.5, 0.6) is 0 Å². The molecule has 1 aliphatic rings. The molecule has 144 valence electrons. The molecule has 4 rings (SSSR count). The van der Waals surface area contributed by atoms with Crippen molar-refractivity contribution in [2.24, 2.45) is 0 Å². The van der Waals surface area contributed by atoms with Crippen molar-refractivity contribution in [3.63, 3.8) is 0 Å². The topological polar surface area (TPSA) is 81.5 Å². The van der Waals surface area contributed by atoms with Crippen LogP contribution in [0.3, 0.4) is 0 Å². The summed E-state index contributed by atoms with van der Waals surface area (Å²) in [4.78, 5) is 44.1. The largest absolute Gasteiger partial charge is 0.452 e. The van der Waals surface area contributed by atoms with Gasteiger partial charge >= 0.3 is 5.97 Å². The molecule has 0 radical (unpaired) electrons. The normalized spacial score (nSPS) is 12.8. The Morgan fingerprint density at radius 3 is 2.96 bits per heavy atom. The van der Waals surface area contributed by atoms with E-state index >= 15 is 0 Å². The maximum atomic E-state index is 12.5. The molecular formula is C20H19N3O4S. The predicted octanol–water partition coefficient (Wildman–Crippen LogP) is 2.22. The molecule has 8 heteroatoms. The second kappa shape index (κ2) is 7.55. The summed E-state index contributed by atoms with van der Waals surface area (Å²) < 4.78 is 6.85. The predicted molar refractivity (Wildman–Crippen MR) is 105 cm³/mol. The highest BCUT2D eigenvalue weighted by atomic mass is 32.1. The molecule has 3 aromatic rings. The van der Waals surface area contributed by atoms with Gasteiger partial charge in [-0.25, -0.2) is 9.78 Å². The van der Waals surface area contributed by atoms with Gasteiger partial charge in [0.15, 0.2) is 6.61 Å². The number of esters is 1. The van der Waals surface area contributed by atoms with Gasteiger partial charge < -0.3 is 9.64 Å². The zero-order valence-electron chi connectivity index (χ0n) is 15.4. The van der Waals surface area contributed by atoms with Gasteiger partial charge in [0, 0.05) is 24.9 Å². The third-order valence-corrected chi connectivity index (χ3v) is 5.64. The second-order valence-corrected chi connectivity index (χ2v) is 7.76. The van der Waals surface area contributed by atoms with Crippen LogP contribution in [0.25, 0.3) is 10.9 Å². The smallest absolute Gasteiger partial charge is 0.338 e. The molecule has 1 amide bonds. The van der Waals surface area contributed by atoms with Gasteiger partial charge in [-0.15, -0.1) is 11.3 Å². The van der Waals surface area contributed by atoms with Crippen molar-refractivity contribution in [3.8, 4) is 0 Å². The maximum Gasteiger partial charge on any atom is 0.338 e. The first-order chi connectivity index (χ1) is 13.5. The van der Waals surface area contributed by atoms with E-state index < -0.39 is 5.97 Å². The Hall–Kier alpha value is -3.00. The Balaban J connectivity index is 1.44. The molecule has 1 aliphatic heterocycles. The first-order valence-electron chi connectivity index (χ1n) is 9.00. The first kappa shape index (κ1) is 18.4. The fraction of sp³-hybridized carbons (Fsp3) is 0.300. The molecule has 28 heavy (non-hydrogen) atoms. The van der Waals surface area contributed by atoms with Crippen LogP contribution in [0.4, 0.5) is 0 Å². The van der Waals surface area contributed by atoms with E-state index in [1.807, 2.05) is 17.5 Å². The highest BCUT2D eigenvalue weighted by Gasteiger charge is 2.18. The lowest BCUT2D eigenvalue weighted by molar-refractivity contribution is -0.133. The van der Waals surface area contributed by atoms with Crippen LogP contribution in [-0.2, 0) is 29.0 Å². The third-order valence-electron chi connectivity index (χ3n) is 4.78. The van der Waals surface area contributed by atoms with Gasteiger partial charge in [-0.3, -0.25) is 14.2 Å². The standard InChI is InChI=1S/C20H19N3O4S/c1-22(11-14-4-3-9-28-14)18(24)12-27-20(26)13-6-7-15-16(10-13)21-17-5-2-8-23(17)19(15)25/h3-4,6-7,9-10H,2,5,8,11-12H2,1H3. The highest BCUT2D eigenvalue weighted by molar-refractivity contribution is 7.09. The summed E-state index contributed by atoms with van der Waals surface area (Å²) in [7, 11) is 1.67. The molecule has 0 N–H and O–H groups in total. The van der Waals surface area contributed by atoms with Crippen molar-refractivity contribution in [1.82, 2.24) is 14.5 Å². The summed E-state index contributed by atoms with van der Waals surface area (Å²) in [5.74, 6) is -0.146. The number of hydrogen-bond acceptors (Lipinski definition) is 6. The van der Waals surface area contributed by atoms with Crippen LogP contribution in [0.1, 0.15) is 27.5 Å². The summed E-state index contributed by atoms with van der Waals surface area (Å²) in [5.41, 5.74) is 0.674. The molecule has 2 aromatic heterocycles. The third kappa shape index (κ3) is 3.55. The molecule has 0 bridgehead atoms. The number of rotatable bonds is 5. The number of thiophene rings is 1. The first-order valence-corrected chi connectivity index (χ1v) is 9.88. The van der Waals surface area contributed by atoms with E-state index in [0.717, 1.165) is 23.5 Å². The lowest BCUT2D eigenvalue weighted by atomic mass is 10.1. The number of fused-ring (bicyclic) bond motifs is 2. The van der Waals surface area contributed by atoms with Crippen LogP contribution in [0, 0.1) is 0 Å². The molecule has 0 fully saturated rings. The minimum atomic E-state index is -0.609. The van der Waals surface area contributed by atoms with Gasteiger partial charge in [-0.1, -0.05) is 6.07 Å². The molecule has 3 heterocycles. The Morgan fingerprint density at radius 2 is 2.18 bits per heavy atom. The van der Waals surface area contributed by atoms with Crippen molar-refractivity contribution in [1.29, 1.82) is 0 Å². The molecule has 0 saturated heterocycles. The average Bonchev–Trinajstić information content (AvgIpc) is 3.37. The number of nitrogens with zero attached hydrogens (tertiary/aromatic N) is 3. The summed E-state index contributed by atoms with van der Waals surface area (Å²) in [6.45, 7) is 0.823. The van der Waals surface area contributed by atoms with Crippen LogP contribution in [0.2, 0.25) is 0 Å². The van der Waals surface area contributed by atoms with Crippen molar-refractivity contribution in [3.05, 3.63) is 62.3 Å². The Morgan fingerprint density at radius 1 is 1.32 bits per heavy atom. The highest BCUT2D eigenvalue weighted by Crippen LogP contribution is 2.17. The maximum absolute atomic E-state index is 12.5. The monoisotopic (exact) mass is 397 g/mol. The van der Waals surface area contributed by atoms with Crippen LogP contribution < -0.4 is 5.56 Å². The lowest BCUT2D eigenvalue weighted by Gasteiger charge is -2.16. The van der Waals surface area contributed by atoms with Crippen LogP contribution in [-0.4, -0.2) is 40.0 Å². The van der Waals surface area contributed by atoms with Gasteiger partial charge in [0.25, 0.3) is 11.5 Å². The van der Waals surface area contributed by atoms with Crippen molar-refractivity contribution in [2.45, 2.75) is 25.9 Å². The van der Waals surface area contributed by atoms with E-state index in [2.05, 4.69) is 4.98 Å². The van der Waals surface area contributed by atoms with Crippen LogP contribution >= 0.6 is 11.3 Å². The molecule has 0 unspecified atom stereocenters. The van der Waals surface area contributed by atoms with Gasteiger partial charge in [-0.2, -0.15) is 0 Å². The Labute approximate surface area is 165 Å².